The van der Waals surface area contributed by atoms with Crippen LogP contribution in [0.3, 0.4) is 0 Å². The monoisotopic (exact) mass is 258 g/mol. The van der Waals surface area contributed by atoms with Crippen LogP contribution in [0.2, 0.25) is 0 Å². The Morgan fingerprint density at radius 1 is 1.53 bits per heavy atom. The van der Waals surface area contributed by atoms with Crippen LogP contribution in [0.4, 0.5) is 0 Å². The molecule has 1 saturated carbocycles. The first-order valence-corrected chi connectivity index (χ1v) is 7.37. The molecule has 1 heterocycles. The average Bonchev–Trinajstić information content (AvgIpc) is 2.97. The van der Waals surface area contributed by atoms with Crippen LogP contribution in [-0.4, -0.2) is 26.3 Å². The van der Waals surface area contributed by atoms with Crippen LogP contribution in [0, 0.1) is 0 Å². The summed E-state index contributed by atoms with van der Waals surface area (Å²) in [7, 11) is -3.28. The first-order valence-electron chi connectivity index (χ1n) is 5.82. The van der Waals surface area contributed by atoms with Gasteiger partial charge in [0.05, 0.1) is 18.1 Å². The lowest BCUT2D eigenvalue weighted by Gasteiger charge is -2.13. The minimum atomic E-state index is -3.28. The minimum absolute atomic E-state index is 0.211. The third-order valence-electron chi connectivity index (χ3n) is 2.83. The van der Waals surface area contributed by atoms with Gasteiger partial charge in [-0.15, -0.1) is 0 Å². The fourth-order valence-corrected chi connectivity index (χ4v) is 2.40. The molecule has 1 fully saturated rings. The van der Waals surface area contributed by atoms with E-state index in [1.165, 1.54) is 6.26 Å². The Morgan fingerprint density at radius 3 is 2.88 bits per heavy atom. The van der Waals surface area contributed by atoms with E-state index in [2.05, 4.69) is 10.0 Å². The summed E-state index contributed by atoms with van der Waals surface area (Å²) in [6.45, 7) is 2.42. The highest BCUT2D eigenvalue weighted by molar-refractivity contribution is 7.90. The zero-order valence-electron chi connectivity index (χ0n) is 9.85. The lowest BCUT2D eigenvalue weighted by molar-refractivity contribution is 0.495. The first kappa shape index (κ1) is 12.6. The molecule has 1 aromatic heterocycles. The van der Waals surface area contributed by atoms with Crippen molar-refractivity contribution in [1.82, 2.24) is 10.0 Å². The number of nitrogens with one attached hydrogen (secondary N) is 2. The molecule has 0 amide bonds. The molecule has 0 bridgehead atoms. The van der Waals surface area contributed by atoms with Gasteiger partial charge in [-0.2, -0.15) is 0 Å². The molecule has 1 aliphatic rings. The Kier molecular flexibility index (Phi) is 3.86. The van der Waals surface area contributed by atoms with Gasteiger partial charge in [-0.05, 0) is 31.9 Å². The second-order valence-corrected chi connectivity index (χ2v) is 6.62. The van der Waals surface area contributed by atoms with Crippen LogP contribution < -0.4 is 10.0 Å². The molecule has 1 aromatic rings. The van der Waals surface area contributed by atoms with Crippen LogP contribution in [0.25, 0.3) is 0 Å². The van der Waals surface area contributed by atoms with Gasteiger partial charge in [0.15, 0.2) is 0 Å². The average molecular weight is 258 g/mol. The van der Waals surface area contributed by atoms with Crippen molar-refractivity contribution in [2.24, 2.45) is 0 Å². The van der Waals surface area contributed by atoms with Crippen molar-refractivity contribution in [3.63, 3.8) is 0 Å². The molecule has 0 aromatic carbocycles. The van der Waals surface area contributed by atoms with Crippen LogP contribution in [0.15, 0.2) is 22.8 Å². The molecule has 0 radical (unpaired) electrons. The number of hydrogen-bond acceptors (Lipinski definition) is 4. The SMILES string of the molecule is CC(CNC1CC1)S(=O)(=O)NCc1ccco1. The Balaban J connectivity index is 1.79. The Bertz CT molecular complexity index is 437. The predicted octanol–water partition coefficient (Wildman–Crippen LogP) is 0.839. The third-order valence-corrected chi connectivity index (χ3v) is 4.60. The van der Waals surface area contributed by atoms with Crippen molar-refractivity contribution in [3.8, 4) is 0 Å². The zero-order chi connectivity index (χ0) is 12.3. The molecule has 0 saturated heterocycles. The summed E-state index contributed by atoms with van der Waals surface area (Å²) in [5.41, 5.74) is 0. The zero-order valence-corrected chi connectivity index (χ0v) is 10.7. The van der Waals surface area contributed by atoms with Gasteiger partial charge in [0.25, 0.3) is 0 Å². The smallest absolute Gasteiger partial charge is 0.215 e. The lowest BCUT2D eigenvalue weighted by Crippen LogP contribution is -2.39. The van der Waals surface area contributed by atoms with E-state index in [0.717, 1.165) is 12.8 Å². The lowest BCUT2D eigenvalue weighted by atomic mass is 10.4. The maximum atomic E-state index is 11.9. The van der Waals surface area contributed by atoms with E-state index in [0.29, 0.717) is 18.3 Å². The topological polar surface area (TPSA) is 71.3 Å². The highest BCUT2D eigenvalue weighted by atomic mass is 32.2. The van der Waals surface area contributed by atoms with Crippen LogP contribution in [0.5, 0.6) is 0 Å². The van der Waals surface area contributed by atoms with Crippen molar-refractivity contribution in [3.05, 3.63) is 24.2 Å². The minimum Gasteiger partial charge on any atom is -0.468 e. The van der Waals surface area contributed by atoms with E-state index in [9.17, 15) is 8.42 Å². The van der Waals surface area contributed by atoms with Gasteiger partial charge < -0.3 is 9.73 Å². The summed E-state index contributed by atoms with van der Waals surface area (Å²) in [4.78, 5) is 0. The highest BCUT2D eigenvalue weighted by Crippen LogP contribution is 2.18. The van der Waals surface area contributed by atoms with Crippen LogP contribution >= 0.6 is 0 Å². The number of rotatable bonds is 7. The Morgan fingerprint density at radius 2 is 2.29 bits per heavy atom. The van der Waals surface area contributed by atoms with E-state index in [1.54, 1.807) is 19.1 Å². The van der Waals surface area contributed by atoms with Crippen molar-refractivity contribution in [1.29, 1.82) is 0 Å². The van der Waals surface area contributed by atoms with Crippen LogP contribution in [-0.2, 0) is 16.6 Å². The normalized spacial score (nSPS) is 18.2. The number of furan rings is 1. The molecular weight excluding hydrogens is 240 g/mol. The van der Waals surface area contributed by atoms with Gasteiger partial charge in [0.1, 0.15) is 5.76 Å². The summed E-state index contributed by atoms with van der Waals surface area (Å²) in [5, 5.41) is 2.78. The van der Waals surface area contributed by atoms with Gasteiger partial charge in [0.2, 0.25) is 10.0 Å². The second-order valence-electron chi connectivity index (χ2n) is 4.44. The van der Waals surface area contributed by atoms with E-state index in [1.807, 2.05) is 0 Å². The maximum Gasteiger partial charge on any atom is 0.215 e. The molecule has 17 heavy (non-hydrogen) atoms. The molecule has 5 nitrogen and oxygen atoms in total. The molecule has 0 spiro atoms. The maximum absolute atomic E-state index is 11.9. The fraction of sp³-hybridized carbons (Fsp3) is 0.636. The summed E-state index contributed by atoms with van der Waals surface area (Å²) >= 11 is 0. The first-order chi connectivity index (χ1) is 8.08. The molecular formula is C11H18N2O3S. The van der Waals surface area contributed by atoms with E-state index < -0.39 is 15.3 Å². The van der Waals surface area contributed by atoms with Crippen molar-refractivity contribution in [2.45, 2.75) is 37.6 Å². The van der Waals surface area contributed by atoms with Gasteiger partial charge in [-0.3, -0.25) is 0 Å². The van der Waals surface area contributed by atoms with Crippen molar-refractivity contribution < 1.29 is 12.8 Å². The van der Waals surface area contributed by atoms with Gasteiger partial charge in [-0.25, -0.2) is 13.1 Å². The predicted molar refractivity (Wildman–Crippen MR) is 65.0 cm³/mol. The highest BCUT2D eigenvalue weighted by Gasteiger charge is 2.25. The molecule has 2 rings (SSSR count). The molecule has 6 heteroatoms. The van der Waals surface area contributed by atoms with E-state index in [4.69, 9.17) is 4.42 Å². The summed E-state index contributed by atoms with van der Waals surface area (Å²) in [6, 6.07) is 4.01. The largest absolute Gasteiger partial charge is 0.468 e. The Labute approximate surface area is 102 Å². The number of hydrogen-bond donors (Lipinski definition) is 2. The van der Waals surface area contributed by atoms with Crippen molar-refractivity contribution in [2.75, 3.05) is 6.54 Å². The molecule has 1 atom stereocenters. The molecule has 0 aliphatic heterocycles. The van der Waals surface area contributed by atoms with E-state index in [-0.39, 0.29) is 6.54 Å². The van der Waals surface area contributed by atoms with Gasteiger partial charge in [0, 0.05) is 12.6 Å². The Hall–Kier alpha value is -0.850. The van der Waals surface area contributed by atoms with Crippen LogP contribution in [0.1, 0.15) is 25.5 Å². The molecule has 2 N–H and O–H groups in total. The van der Waals surface area contributed by atoms with Gasteiger partial charge in [-0.1, -0.05) is 0 Å². The summed E-state index contributed by atoms with van der Waals surface area (Å²) in [6.07, 6.45) is 3.85. The summed E-state index contributed by atoms with van der Waals surface area (Å²) in [5.74, 6) is 0.621. The third kappa shape index (κ3) is 3.83. The molecule has 96 valence electrons. The second kappa shape index (κ2) is 5.20. The fourth-order valence-electron chi connectivity index (χ4n) is 1.46. The summed E-state index contributed by atoms with van der Waals surface area (Å²) < 4.78 is 31.3. The molecule has 1 aliphatic carbocycles. The standard InChI is InChI=1S/C11H18N2O3S/c1-9(7-12-10-4-5-10)17(14,15)13-8-11-3-2-6-16-11/h2-3,6,9-10,12-13H,4-5,7-8H2,1H3. The van der Waals surface area contributed by atoms with Gasteiger partial charge >= 0.3 is 0 Å². The molecule has 1 unspecified atom stereocenters. The van der Waals surface area contributed by atoms with Crippen molar-refractivity contribution >= 4 is 10.0 Å². The quantitative estimate of drug-likeness (QED) is 0.760. The number of sulfonamides is 1. The van der Waals surface area contributed by atoms with E-state index >= 15 is 0 Å².